The monoisotopic (exact) mass is 319 g/mol. The molecule has 0 aliphatic heterocycles. The van der Waals surface area contributed by atoms with Gasteiger partial charge in [0.05, 0.1) is 6.04 Å². The van der Waals surface area contributed by atoms with Crippen molar-refractivity contribution in [1.29, 1.82) is 0 Å². The zero-order chi connectivity index (χ0) is 17.1. The Bertz CT molecular complexity index is 474. The number of carbonyl (C=O) groups excluding carboxylic acids is 1. The van der Waals surface area contributed by atoms with Crippen molar-refractivity contribution in [3.8, 4) is 0 Å². The van der Waals surface area contributed by atoms with Crippen LogP contribution >= 0.6 is 0 Å². The van der Waals surface area contributed by atoms with Crippen LogP contribution in [-0.2, 0) is 24.1 Å². The fourth-order valence-electron chi connectivity index (χ4n) is 2.77. The highest BCUT2D eigenvalue weighted by molar-refractivity contribution is 5.81. The Hall–Kier alpha value is -1.39. The molecule has 1 rings (SSSR count). The van der Waals surface area contributed by atoms with Crippen LogP contribution in [0.1, 0.15) is 49.8 Å². The van der Waals surface area contributed by atoms with Crippen LogP contribution in [0.5, 0.6) is 0 Å². The molecule has 0 saturated carbocycles. The fraction of sp³-hybridized carbons (Fsp3) is 0.632. The van der Waals surface area contributed by atoms with E-state index in [0.717, 1.165) is 44.2 Å². The molecule has 0 radical (unpaired) electrons. The maximum atomic E-state index is 12.1. The van der Waals surface area contributed by atoms with Gasteiger partial charge in [0.2, 0.25) is 5.91 Å². The van der Waals surface area contributed by atoms with Crippen LogP contribution in [0.3, 0.4) is 0 Å². The summed E-state index contributed by atoms with van der Waals surface area (Å²) in [6.07, 6.45) is 5.93. The van der Waals surface area contributed by atoms with Gasteiger partial charge in [-0.05, 0) is 62.4 Å². The van der Waals surface area contributed by atoms with Crippen LogP contribution in [-0.4, -0.2) is 32.1 Å². The summed E-state index contributed by atoms with van der Waals surface area (Å²) in [5.41, 5.74) is 9.95. The van der Waals surface area contributed by atoms with Gasteiger partial charge in [0.25, 0.3) is 0 Å². The first kappa shape index (κ1) is 19.7. The van der Waals surface area contributed by atoms with Crippen molar-refractivity contribution in [3.05, 3.63) is 34.9 Å². The Morgan fingerprint density at radius 1 is 1.09 bits per heavy atom. The van der Waals surface area contributed by atoms with Gasteiger partial charge in [0, 0.05) is 6.54 Å². The predicted molar refractivity (Wildman–Crippen MR) is 97.7 cm³/mol. The topological polar surface area (TPSA) is 67.2 Å². The molecule has 1 atom stereocenters. The zero-order valence-corrected chi connectivity index (χ0v) is 15.0. The van der Waals surface area contributed by atoms with E-state index >= 15 is 0 Å². The summed E-state index contributed by atoms with van der Waals surface area (Å²) >= 11 is 0. The Labute approximate surface area is 141 Å². The van der Waals surface area contributed by atoms with Gasteiger partial charge in [-0.3, -0.25) is 4.79 Å². The fourth-order valence-corrected chi connectivity index (χ4v) is 2.77. The third kappa shape index (κ3) is 7.14. The number of hydrogen-bond acceptors (Lipinski definition) is 3. The van der Waals surface area contributed by atoms with Crippen LogP contribution in [0, 0.1) is 0 Å². The predicted octanol–water partition coefficient (Wildman–Crippen LogP) is 2.19. The number of rotatable bonds is 11. The van der Waals surface area contributed by atoms with E-state index in [1.807, 2.05) is 7.05 Å². The highest BCUT2D eigenvalue weighted by Crippen LogP contribution is 2.15. The van der Waals surface area contributed by atoms with Crippen molar-refractivity contribution in [1.82, 2.24) is 10.6 Å². The Morgan fingerprint density at radius 2 is 1.78 bits per heavy atom. The molecule has 0 aromatic heterocycles. The summed E-state index contributed by atoms with van der Waals surface area (Å²) in [4.78, 5) is 12.1. The van der Waals surface area contributed by atoms with Crippen molar-refractivity contribution in [3.63, 3.8) is 0 Å². The highest BCUT2D eigenvalue weighted by atomic mass is 16.2. The van der Waals surface area contributed by atoms with Crippen molar-refractivity contribution in [2.75, 3.05) is 20.1 Å². The minimum absolute atomic E-state index is 0.0452. The summed E-state index contributed by atoms with van der Waals surface area (Å²) in [5, 5.41) is 6.07. The molecule has 1 aromatic carbocycles. The van der Waals surface area contributed by atoms with Crippen LogP contribution in [0.4, 0.5) is 0 Å². The van der Waals surface area contributed by atoms with Gasteiger partial charge in [-0.25, -0.2) is 0 Å². The van der Waals surface area contributed by atoms with Gasteiger partial charge in [0.1, 0.15) is 0 Å². The second-order valence-electron chi connectivity index (χ2n) is 6.08. The lowest BCUT2D eigenvalue weighted by Crippen LogP contribution is -2.42. The van der Waals surface area contributed by atoms with Gasteiger partial charge < -0.3 is 16.4 Å². The van der Waals surface area contributed by atoms with Gasteiger partial charge in [0.15, 0.2) is 0 Å². The largest absolute Gasteiger partial charge is 0.355 e. The minimum Gasteiger partial charge on any atom is -0.355 e. The van der Waals surface area contributed by atoms with E-state index in [-0.39, 0.29) is 5.91 Å². The molecule has 23 heavy (non-hydrogen) atoms. The number of amides is 1. The quantitative estimate of drug-likeness (QED) is 0.548. The average Bonchev–Trinajstić information content (AvgIpc) is 2.57. The summed E-state index contributed by atoms with van der Waals surface area (Å²) in [6.45, 7) is 6.08. The molecule has 0 heterocycles. The van der Waals surface area contributed by atoms with Gasteiger partial charge in [-0.15, -0.1) is 0 Å². The normalized spacial score (nSPS) is 12.2. The van der Waals surface area contributed by atoms with Crippen LogP contribution < -0.4 is 16.4 Å². The maximum absolute atomic E-state index is 12.1. The molecule has 1 amide bonds. The number of aryl methyl sites for hydroxylation is 2. The number of carbonyl (C=O) groups is 1. The smallest absolute Gasteiger partial charge is 0.237 e. The van der Waals surface area contributed by atoms with E-state index in [9.17, 15) is 4.79 Å². The van der Waals surface area contributed by atoms with Crippen molar-refractivity contribution >= 4 is 5.91 Å². The first-order chi connectivity index (χ1) is 11.1. The molecule has 4 N–H and O–H groups in total. The number of nitrogens with one attached hydrogen (secondary N) is 2. The molecule has 4 nitrogen and oxygen atoms in total. The van der Waals surface area contributed by atoms with E-state index in [1.54, 1.807) is 0 Å². The molecule has 1 aromatic rings. The van der Waals surface area contributed by atoms with E-state index in [0.29, 0.717) is 13.0 Å². The van der Waals surface area contributed by atoms with Crippen molar-refractivity contribution in [2.24, 2.45) is 5.73 Å². The van der Waals surface area contributed by atoms with Gasteiger partial charge in [-0.1, -0.05) is 38.5 Å². The standard InChI is InChI=1S/C19H33N3O/c1-4-16-10-9-15(13-17(16)5-2)14-18(20)19(23)22-12-8-6-7-11-21-3/h9-10,13,18,21H,4-8,11-12,14,20H2,1-3H3,(H,22,23)/t18-/m1/s1. The van der Waals surface area contributed by atoms with E-state index in [1.165, 1.54) is 11.1 Å². The SMILES string of the molecule is CCc1ccc(C[C@@H](N)C(=O)NCCCCCNC)cc1CC. The molecule has 0 saturated heterocycles. The summed E-state index contributed by atoms with van der Waals surface area (Å²) < 4.78 is 0. The molecular weight excluding hydrogens is 286 g/mol. The van der Waals surface area contributed by atoms with Gasteiger partial charge >= 0.3 is 0 Å². The summed E-state index contributed by atoms with van der Waals surface area (Å²) in [7, 11) is 1.96. The number of nitrogens with two attached hydrogens (primary N) is 1. The highest BCUT2D eigenvalue weighted by Gasteiger charge is 2.14. The first-order valence-corrected chi connectivity index (χ1v) is 8.90. The lowest BCUT2D eigenvalue weighted by atomic mass is 9.97. The zero-order valence-electron chi connectivity index (χ0n) is 15.0. The lowest BCUT2D eigenvalue weighted by Gasteiger charge is -2.14. The Balaban J connectivity index is 2.39. The molecule has 4 heteroatoms. The minimum atomic E-state index is -0.468. The molecule has 0 unspecified atom stereocenters. The summed E-state index contributed by atoms with van der Waals surface area (Å²) in [6, 6.07) is 6.00. The third-order valence-corrected chi connectivity index (χ3v) is 4.23. The van der Waals surface area contributed by atoms with E-state index < -0.39 is 6.04 Å². The molecular formula is C19H33N3O. The Kier molecular flexibility index (Phi) is 9.57. The number of hydrogen-bond donors (Lipinski definition) is 3. The van der Waals surface area contributed by atoms with E-state index in [2.05, 4.69) is 42.7 Å². The molecule has 0 aliphatic carbocycles. The number of unbranched alkanes of at least 4 members (excludes halogenated alkanes) is 2. The van der Waals surface area contributed by atoms with Crippen LogP contribution in [0.25, 0.3) is 0 Å². The van der Waals surface area contributed by atoms with E-state index in [4.69, 9.17) is 5.73 Å². The van der Waals surface area contributed by atoms with Gasteiger partial charge in [-0.2, -0.15) is 0 Å². The van der Waals surface area contributed by atoms with Crippen molar-refractivity contribution < 1.29 is 4.79 Å². The third-order valence-electron chi connectivity index (χ3n) is 4.23. The second-order valence-corrected chi connectivity index (χ2v) is 6.08. The second kappa shape index (κ2) is 11.2. The average molecular weight is 319 g/mol. The molecule has 0 bridgehead atoms. The Morgan fingerprint density at radius 3 is 2.43 bits per heavy atom. The molecule has 0 aliphatic rings. The molecule has 130 valence electrons. The number of benzene rings is 1. The van der Waals surface area contributed by atoms with Crippen LogP contribution in [0.2, 0.25) is 0 Å². The molecule has 0 spiro atoms. The van der Waals surface area contributed by atoms with Crippen molar-refractivity contribution in [2.45, 2.75) is 58.4 Å². The molecule has 0 fully saturated rings. The summed E-state index contributed by atoms with van der Waals surface area (Å²) in [5.74, 6) is -0.0452. The van der Waals surface area contributed by atoms with Crippen LogP contribution in [0.15, 0.2) is 18.2 Å². The lowest BCUT2D eigenvalue weighted by molar-refractivity contribution is -0.122. The maximum Gasteiger partial charge on any atom is 0.237 e. The first-order valence-electron chi connectivity index (χ1n) is 8.90.